The first-order valence-corrected chi connectivity index (χ1v) is 6.31. The Morgan fingerprint density at radius 1 is 1.53 bits per heavy atom. The van der Waals surface area contributed by atoms with E-state index in [1.165, 1.54) is 5.56 Å². The van der Waals surface area contributed by atoms with Gasteiger partial charge in [-0.05, 0) is 36.1 Å². The monoisotopic (exact) mass is 258 g/mol. The average Bonchev–Trinajstić information content (AvgIpc) is 2.81. The molecule has 0 aliphatic carbocycles. The molecular weight excluding hydrogens is 244 g/mol. The highest BCUT2D eigenvalue weighted by Crippen LogP contribution is 2.40. The van der Waals surface area contributed by atoms with Crippen LogP contribution in [-0.2, 0) is 17.6 Å². The third-order valence-electron chi connectivity index (χ3n) is 3.64. The molecule has 2 heterocycles. The Kier molecular flexibility index (Phi) is 2.80. The molecule has 2 aliphatic rings. The van der Waals surface area contributed by atoms with E-state index in [1.807, 2.05) is 6.92 Å². The summed E-state index contributed by atoms with van der Waals surface area (Å²) in [5.74, 6) is 0.887. The van der Waals surface area contributed by atoms with E-state index in [1.54, 1.807) is 0 Å². The molecule has 6 heteroatoms. The Labute approximate surface area is 110 Å². The van der Waals surface area contributed by atoms with Gasteiger partial charge < -0.3 is 10.1 Å². The molecule has 0 bridgehead atoms. The van der Waals surface area contributed by atoms with E-state index >= 15 is 0 Å². The van der Waals surface area contributed by atoms with Crippen LogP contribution in [0.25, 0.3) is 10.4 Å². The number of carbonyl (C=O) groups is 1. The number of amides is 1. The van der Waals surface area contributed by atoms with Gasteiger partial charge in [0.15, 0.2) is 0 Å². The van der Waals surface area contributed by atoms with Crippen molar-refractivity contribution < 1.29 is 9.53 Å². The third-order valence-corrected chi connectivity index (χ3v) is 3.64. The lowest BCUT2D eigenvalue weighted by atomic mass is 9.95. The number of fused-ring (bicyclic) bond motifs is 2. The molecule has 0 aromatic heterocycles. The minimum Gasteiger partial charge on any atom is -0.489 e. The number of aryl methyl sites for hydroxylation is 1. The summed E-state index contributed by atoms with van der Waals surface area (Å²) in [6.45, 7) is 2.29. The lowest BCUT2D eigenvalue weighted by molar-refractivity contribution is -0.116. The predicted molar refractivity (Wildman–Crippen MR) is 70.3 cm³/mol. The van der Waals surface area contributed by atoms with Crippen LogP contribution in [0.5, 0.6) is 5.75 Å². The van der Waals surface area contributed by atoms with Crippen LogP contribution in [0.15, 0.2) is 11.2 Å². The lowest BCUT2D eigenvalue weighted by Gasteiger charge is -2.21. The summed E-state index contributed by atoms with van der Waals surface area (Å²) in [4.78, 5) is 14.2. The SMILES string of the molecule is Cc1c2c(cc3c1OC(CN=[N+]=[N-])C3)CCC(=O)N2. The maximum absolute atomic E-state index is 11.5. The largest absolute Gasteiger partial charge is 0.489 e. The maximum atomic E-state index is 11.5. The van der Waals surface area contributed by atoms with Gasteiger partial charge in [-0.3, -0.25) is 4.79 Å². The minimum absolute atomic E-state index is 0.0548. The van der Waals surface area contributed by atoms with Gasteiger partial charge in [0.25, 0.3) is 0 Å². The average molecular weight is 258 g/mol. The second-order valence-electron chi connectivity index (χ2n) is 4.93. The molecule has 0 saturated heterocycles. The van der Waals surface area contributed by atoms with Gasteiger partial charge in [-0.15, -0.1) is 0 Å². The zero-order chi connectivity index (χ0) is 13.4. The number of nitrogens with one attached hydrogen (secondary N) is 1. The van der Waals surface area contributed by atoms with Crippen molar-refractivity contribution in [2.45, 2.75) is 32.3 Å². The van der Waals surface area contributed by atoms with Crippen molar-refractivity contribution in [1.82, 2.24) is 0 Å². The van der Waals surface area contributed by atoms with E-state index in [9.17, 15) is 4.79 Å². The molecule has 2 aliphatic heterocycles. The molecule has 19 heavy (non-hydrogen) atoms. The molecule has 1 unspecified atom stereocenters. The van der Waals surface area contributed by atoms with Crippen molar-refractivity contribution in [1.29, 1.82) is 0 Å². The van der Waals surface area contributed by atoms with Gasteiger partial charge in [-0.2, -0.15) is 0 Å². The van der Waals surface area contributed by atoms with Gasteiger partial charge >= 0.3 is 0 Å². The number of anilines is 1. The van der Waals surface area contributed by atoms with Crippen LogP contribution in [0, 0.1) is 6.92 Å². The number of azide groups is 1. The Hall–Kier alpha value is -2.20. The molecule has 1 amide bonds. The highest BCUT2D eigenvalue weighted by molar-refractivity contribution is 5.95. The zero-order valence-corrected chi connectivity index (χ0v) is 10.6. The molecule has 1 aromatic rings. The first-order valence-electron chi connectivity index (χ1n) is 6.31. The van der Waals surface area contributed by atoms with Crippen LogP contribution in [0.1, 0.15) is 23.1 Å². The van der Waals surface area contributed by atoms with Gasteiger partial charge in [0.2, 0.25) is 5.91 Å². The van der Waals surface area contributed by atoms with Crippen molar-refractivity contribution in [3.8, 4) is 5.75 Å². The van der Waals surface area contributed by atoms with Crippen LogP contribution in [0.3, 0.4) is 0 Å². The van der Waals surface area contributed by atoms with E-state index in [2.05, 4.69) is 21.4 Å². The van der Waals surface area contributed by atoms with Crippen molar-refractivity contribution >= 4 is 11.6 Å². The molecule has 1 aromatic carbocycles. The van der Waals surface area contributed by atoms with E-state index in [4.69, 9.17) is 10.3 Å². The number of hydrogen-bond donors (Lipinski definition) is 1. The maximum Gasteiger partial charge on any atom is 0.224 e. The van der Waals surface area contributed by atoms with E-state index in [0.717, 1.165) is 35.4 Å². The summed E-state index contributed by atoms with van der Waals surface area (Å²) in [5.41, 5.74) is 12.5. The first kappa shape index (κ1) is 11.9. The Balaban J connectivity index is 1.95. The standard InChI is InChI=1S/C13H14N4O2/c1-7-12-8(2-3-11(18)16-12)4-9-5-10(6-15-17-14)19-13(7)9/h4,10H,2-3,5-6H2,1H3,(H,16,18). The Morgan fingerprint density at radius 3 is 3.16 bits per heavy atom. The van der Waals surface area contributed by atoms with Gasteiger partial charge in [-0.25, -0.2) is 0 Å². The summed E-state index contributed by atoms with van der Waals surface area (Å²) in [6, 6.07) is 2.10. The van der Waals surface area contributed by atoms with Gasteiger partial charge in [0.05, 0.1) is 12.2 Å². The second-order valence-corrected chi connectivity index (χ2v) is 4.93. The quantitative estimate of drug-likeness (QED) is 0.502. The third kappa shape index (κ3) is 2.00. The molecule has 1 atom stereocenters. The molecular formula is C13H14N4O2. The van der Waals surface area contributed by atoms with Crippen molar-refractivity contribution in [2.24, 2.45) is 5.11 Å². The molecule has 6 nitrogen and oxygen atoms in total. The smallest absolute Gasteiger partial charge is 0.224 e. The molecule has 0 fully saturated rings. The molecule has 0 spiro atoms. The van der Waals surface area contributed by atoms with Crippen molar-refractivity contribution in [3.63, 3.8) is 0 Å². The second kappa shape index (κ2) is 4.48. The number of ether oxygens (including phenoxy) is 1. The molecule has 0 saturated carbocycles. The zero-order valence-electron chi connectivity index (χ0n) is 10.6. The highest BCUT2D eigenvalue weighted by Gasteiger charge is 2.28. The Bertz CT molecular complexity index is 605. The van der Waals surface area contributed by atoms with Crippen molar-refractivity contribution in [2.75, 3.05) is 11.9 Å². The normalized spacial score (nSPS) is 19.8. The van der Waals surface area contributed by atoms with E-state index in [0.29, 0.717) is 13.0 Å². The fraction of sp³-hybridized carbons (Fsp3) is 0.462. The number of carbonyl (C=O) groups excluding carboxylic acids is 1. The lowest BCUT2D eigenvalue weighted by Crippen LogP contribution is -2.20. The van der Waals surface area contributed by atoms with Gasteiger partial charge in [0.1, 0.15) is 11.9 Å². The highest BCUT2D eigenvalue weighted by atomic mass is 16.5. The fourth-order valence-electron chi connectivity index (χ4n) is 2.76. The van der Waals surface area contributed by atoms with Crippen LogP contribution < -0.4 is 10.1 Å². The summed E-state index contributed by atoms with van der Waals surface area (Å²) < 4.78 is 5.82. The van der Waals surface area contributed by atoms with Crippen LogP contribution in [-0.4, -0.2) is 18.6 Å². The van der Waals surface area contributed by atoms with Crippen LogP contribution in [0.4, 0.5) is 5.69 Å². The topological polar surface area (TPSA) is 87.1 Å². The number of benzene rings is 1. The predicted octanol–water partition coefficient (Wildman–Crippen LogP) is 2.49. The molecule has 1 N–H and O–H groups in total. The molecule has 98 valence electrons. The van der Waals surface area contributed by atoms with Gasteiger partial charge in [-0.1, -0.05) is 5.11 Å². The minimum atomic E-state index is -0.0934. The molecule has 0 radical (unpaired) electrons. The number of hydrogen-bond acceptors (Lipinski definition) is 3. The van der Waals surface area contributed by atoms with Crippen molar-refractivity contribution in [3.05, 3.63) is 33.2 Å². The Morgan fingerprint density at radius 2 is 2.37 bits per heavy atom. The summed E-state index contributed by atoms with van der Waals surface area (Å²) >= 11 is 0. The van der Waals surface area contributed by atoms with E-state index in [-0.39, 0.29) is 12.0 Å². The fourth-order valence-corrected chi connectivity index (χ4v) is 2.76. The number of rotatable bonds is 2. The van der Waals surface area contributed by atoms with Crippen LogP contribution in [0.2, 0.25) is 0 Å². The van der Waals surface area contributed by atoms with Gasteiger partial charge in [0, 0.05) is 23.3 Å². The summed E-state index contributed by atoms with van der Waals surface area (Å²) in [7, 11) is 0. The van der Waals surface area contributed by atoms with E-state index < -0.39 is 0 Å². The van der Waals surface area contributed by atoms with Crippen LogP contribution >= 0.6 is 0 Å². The first-order chi connectivity index (χ1) is 9.19. The summed E-state index contributed by atoms with van der Waals surface area (Å²) in [5, 5.41) is 6.48. The number of nitrogens with zero attached hydrogens (tertiary/aromatic N) is 3. The molecule has 3 rings (SSSR count). The summed E-state index contributed by atoms with van der Waals surface area (Å²) in [6.07, 6.45) is 1.98.